The zero-order valence-corrected chi connectivity index (χ0v) is 10.1. The van der Waals surface area contributed by atoms with Crippen LogP contribution in [0, 0.1) is 0 Å². The van der Waals surface area contributed by atoms with Gasteiger partial charge >= 0.3 is 5.97 Å². The van der Waals surface area contributed by atoms with Crippen LogP contribution in [0.1, 0.15) is 16.1 Å². The number of hydrogen-bond donors (Lipinski definition) is 1. The van der Waals surface area contributed by atoms with Crippen LogP contribution in [0.15, 0.2) is 24.8 Å². The van der Waals surface area contributed by atoms with Gasteiger partial charge in [0.25, 0.3) is 0 Å². The van der Waals surface area contributed by atoms with Gasteiger partial charge in [-0.3, -0.25) is 4.68 Å². The third-order valence-corrected chi connectivity index (χ3v) is 2.42. The number of aryl methyl sites for hydroxylation is 1. The molecule has 0 bridgehead atoms. The van der Waals surface area contributed by atoms with Gasteiger partial charge in [-0.2, -0.15) is 5.10 Å². The number of aromatic carboxylic acids is 1. The zero-order chi connectivity index (χ0) is 13.1. The summed E-state index contributed by atoms with van der Waals surface area (Å²) in [5, 5.41) is 13.1. The fourth-order valence-corrected chi connectivity index (χ4v) is 1.66. The lowest BCUT2D eigenvalue weighted by Crippen LogP contribution is -2.21. The van der Waals surface area contributed by atoms with Gasteiger partial charge in [-0.15, -0.1) is 0 Å². The average molecular weight is 247 g/mol. The van der Waals surface area contributed by atoms with Crippen LogP contribution in [-0.2, 0) is 13.6 Å². The number of nitrogens with zero attached hydrogens (tertiary/aromatic N) is 5. The van der Waals surface area contributed by atoms with E-state index in [0.29, 0.717) is 12.4 Å². The normalized spacial score (nSPS) is 10.3. The first kappa shape index (κ1) is 12.0. The summed E-state index contributed by atoms with van der Waals surface area (Å²) in [6, 6.07) is 0. The molecular weight excluding hydrogens is 234 g/mol. The van der Waals surface area contributed by atoms with Gasteiger partial charge in [0.05, 0.1) is 6.20 Å². The second-order valence-electron chi connectivity index (χ2n) is 3.91. The van der Waals surface area contributed by atoms with Crippen LogP contribution in [-0.4, -0.2) is 37.9 Å². The SMILES string of the molecule is CN(Cc1cnn(C)c1)c1nccnc1C(=O)O. The highest BCUT2D eigenvalue weighted by Crippen LogP contribution is 2.15. The smallest absolute Gasteiger partial charge is 0.358 e. The molecule has 2 heterocycles. The molecule has 2 rings (SSSR count). The highest BCUT2D eigenvalue weighted by atomic mass is 16.4. The highest BCUT2D eigenvalue weighted by Gasteiger charge is 2.16. The molecular formula is C11H13N5O2. The van der Waals surface area contributed by atoms with Crippen molar-refractivity contribution in [3.8, 4) is 0 Å². The number of anilines is 1. The minimum Gasteiger partial charge on any atom is -0.476 e. The van der Waals surface area contributed by atoms with Gasteiger partial charge < -0.3 is 10.0 Å². The number of hydrogen-bond acceptors (Lipinski definition) is 5. The third kappa shape index (κ3) is 2.45. The van der Waals surface area contributed by atoms with E-state index in [9.17, 15) is 4.79 Å². The van der Waals surface area contributed by atoms with Gasteiger partial charge in [-0.1, -0.05) is 0 Å². The lowest BCUT2D eigenvalue weighted by atomic mass is 10.3. The fraction of sp³-hybridized carbons (Fsp3) is 0.273. The monoisotopic (exact) mass is 247 g/mol. The third-order valence-electron chi connectivity index (χ3n) is 2.42. The summed E-state index contributed by atoms with van der Waals surface area (Å²) in [6.45, 7) is 0.521. The van der Waals surface area contributed by atoms with E-state index in [2.05, 4.69) is 15.1 Å². The van der Waals surface area contributed by atoms with Gasteiger partial charge in [0, 0.05) is 44.8 Å². The molecule has 0 fully saturated rings. The molecule has 0 aliphatic rings. The molecule has 0 spiro atoms. The quantitative estimate of drug-likeness (QED) is 0.849. The minimum atomic E-state index is -1.09. The van der Waals surface area contributed by atoms with Crippen LogP contribution in [0.2, 0.25) is 0 Å². The van der Waals surface area contributed by atoms with E-state index in [-0.39, 0.29) is 5.69 Å². The molecule has 1 N–H and O–H groups in total. The summed E-state index contributed by atoms with van der Waals surface area (Å²) in [4.78, 5) is 20.6. The Kier molecular flexibility index (Phi) is 3.22. The van der Waals surface area contributed by atoms with E-state index in [1.165, 1.54) is 12.4 Å². The van der Waals surface area contributed by atoms with E-state index in [0.717, 1.165) is 5.56 Å². The summed E-state index contributed by atoms with van der Waals surface area (Å²) < 4.78 is 1.69. The summed E-state index contributed by atoms with van der Waals surface area (Å²) >= 11 is 0. The van der Waals surface area contributed by atoms with E-state index in [4.69, 9.17) is 5.11 Å². The van der Waals surface area contributed by atoms with E-state index >= 15 is 0 Å². The van der Waals surface area contributed by atoms with Crippen LogP contribution in [0.4, 0.5) is 5.82 Å². The van der Waals surface area contributed by atoms with Gasteiger partial charge in [-0.25, -0.2) is 14.8 Å². The Labute approximate surface area is 104 Å². The molecule has 2 aromatic heterocycles. The molecule has 0 saturated heterocycles. The van der Waals surface area contributed by atoms with E-state index in [1.807, 2.05) is 13.2 Å². The average Bonchev–Trinajstić information content (AvgIpc) is 2.74. The van der Waals surface area contributed by atoms with Gasteiger partial charge in [-0.05, 0) is 0 Å². The summed E-state index contributed by atoms with van der Waals surface area (Å²) in [7, 11) is 3.60. The van der Waals surface area contributed by atoms with Crippen molar-refractivity contribution < 1.29 is 9.90 Å². The first-order valence-electron chi connectivity index (χ1n) is 5.31. The summed E-state index contributed by atoms with van der Waals surface area (Å²) in [5.41, 5.74) is 0.922. The number of aromatic nitrogens is 4. The molecule has 2 aromatic rings. The zero-order valence-electron chi connectivity index (χ0n) is 10.1. The van der Waals surface area contributed by atoms with Crippen molar-refractivity contribution >= 4 is 11.8 Å². The minimum absolute atomic E-state index is 0.0520. The van der Waals surface area contributed by atoms with Crippen molar-refractivity contribution in [1.82, 2.24) is 19.7 Å². The molecule has 0 aliphatic carbocycles. The molecule has 7 nitrogen and oxygen atoms in total. The number of rotatable bonds is 4. The van der Waals surface area contributed by atoms with Gasteiger partial charge in [0.2, 0.25) is 0 Å². The van der Waals surface area contributed by atoms with Gasteiger partial charge in [0.15, 0.2) is 11.5 Å². The van der Waals surface area contributed by atoms with Crippen LogP contribution in [0.25, 0.3) is 0 Å². The molecule has 0 unspecified atom stereocenters. The number of carboxylic acid groups (broad SMARTS) is 1. The predicted octanol–water partition coefficient (Wildman–Crippen LogP) is 0.545. The Hall–Kier alpha value is -2.44. The molecule has 0 atom stereocenters. The Bertz CT molecular complexity index is 566. The largest absolute Gasteiger partial charge is 0.476 e. The van der Waals surface area contributed by atoms with Gasteiger partial charge in [0.1, 0.15) is 0 Å². The van der Waals surface area contributed by atoms with Crippen LogP contribution < -0.4 is 4.90 Å². The lowest BCUT2D eigenvalue weighted by Gasteiger charge is -2.18. The maximum atomic E-state index is 11.0. The molecule has 18 heavy (non-hydrogen) atoms. The van der Waals surface area contributed by atoms with Crippen molar-refractivity contribution in [2.24, 2.45) is 7.05 Å². The number of carbonyl (C=O) groups is 1. The lowest BCUT2D eigenvalue weighted by molar-refractivity contribution is 0.0690. The molecule has 0 aliphatic heterocycles. The Morgan fingerprint density at radius 2 is 2.17 bits per heavy atom. The number of carboxylic acids is 1. The fourth-order valence-electron chi connectivity index (χ4n) is 1.66. The second kappa shape index (κ2) is 4.82. The first-order chi connectivity index (χ1) is 8.58. The summed E-state index contributed by atoms with van der Waals surface area (Å²) in [6.07, 6.45) is 6.44. The van der Waals surface area contributed by atoms with Crippen molar-refractivity contribution in [2.75, 3.05) is 11.9 Å². The maximum Gasteiger partial charge on any atom is 0.358 e. The molecule has 0 saturated carbocycles. The Morgan fingerprint density at radius 3 is 2.78 bits per heavy atom. The van der Waals surface area contributed by atoms with Crippen LogP contribution in [0.3, 0.4) is 0 Å². The Balaban J connectivity index is 2.23. The maximum absolute atomic E-state index is 11.0. The van der Waals surface area contributed by atoms with E-state index in [1.54, 1.807) is 22.8 Å². The molecule has 94 valence electrons. The highest BCUT2D eigenvalue weighted by molar-refractivity contribution is 5.90. The molecule has 0 radical (unpaired) electrons. The molecule has 0 amide bonds. The molecule has 0 aromatic carbocycles. The van der Waals surface area contributed by atoms with Crippen molar-refractivity contribution in [3.05, 3.63) is 36.0 Å². The van der Waals surface area contributed by atoms with Crippen LogP contribution >= 0.6 is 0 Å². The predicted molar refractivity (Wildman–Crippen MR) is 64.3 cm³/mol. The van der Waals surface area contributed by atoms with E-state index < -0.39 is 5.97 Å². The second-order valence-corrected chi connectivity index (χ2v) is 3.91. The summed E-state index contributed by atoms with van der Waals surface area (Å²) in [5.74, 6) is -0.745. The van der Waals surface area contributed by atoms with Crippen molar-refractivity contribution in [3.63, 3.8) is 0 Å². The standard InChI is InChI=1S/C11H13N5O2/c1-15(6-8-5-14-16(2)7-8)10-9(11(17)18)12-3-4-13-10/h3-5,7H,6H2,1-2H3,(H,17,18). The first-order valence-corrected chi connectivity index (χ1v) is 5.31. The van der Waals surface area contributed by atoms with Crippen molar-refractivity contribution in [1.29, 1.82) is 0 Å². The Morgan fingerprint density at radius 1 is 1.44 bits per heavy atom. The molecule has 7 heteroatoms. The van der Waals surface area contributed by atoms with Crippen LogP contribution in [0.5, 0.6) is 0 Å². The van der Waals surface area contributed by atoms with Crippen molar-refractivity contribution in [2.45, 2.75) is 6.54 Å². The topological polar surface area (TPSA) is 84.1 Å².